The van der Waals surface area contributed by atoms with E-state index in [9.17, 15) is 4.79 Å². The SMILES string of the molecule is COCCOc1ccc(-c2ccc3cn[nH]c3c2)c(C(N)=O)c1. The molecule has 6 nitrogen and oxygen atoms in total. The van der Waals surface area contributed by atoms with Gasteiger partial charge in [0.25, 0.3) is 0 Å². The minimum absolute atomic E-state index is 0.411. The summed E-state index contributed by atoms with van der Waals surface area (Å²) >= 11 is 0. The van der Waals surface area contributed by atoms with E-state index in [-0.39, 0.29) is 0 Å². The molecule has 23 heavy (non-hydrogen) atoms. The number of hydrogen-bond donors (Lipinski definition) is 2. The second-order valence-electron chi connectivity index (χ2n) is 5.08. The fourth-order valence-corrected chi connectivity index (χ4v) is 2.42. The first-order chi connectivity index (χ1) is 11.2. The van der Waals surface area contributed by atoms with E-state index in [1.807, 2.05) is 30.3 Å². The Labute approximate surface area is 133 Å². The molecule has 2 aromatic carbocycles. The molecule has 1 aromatic heterocycles. The van der Waals surface area contributed by atoms with Crippen molar-refractivity contribution >= 4 is 16.8 Å². The lowest BCUT2D eigenvalue weighted by Crippen LogP contribution is -2.13. The van der Waals surface area contributed by atoms with Crippen molar-refractivity contribution in [1.29, 1.82) is 0 Å². The fraction of sp³-hybridized carbons (Fsp3) is 0.176. The van der Waals surface area contributed by atoms with Gasteiger partial charge in [0.1, 0.15) is 12.4 Å². The molecule has 0 bridgehead atoms. The van der Waals surface area contributed by atoms with Crippen LogP contribution in [0.5, 0.6) is 5.75 Å². The first-order valence-electron chi connectivity index (χ1n) is 7.18. The van der Waals surface area contributed by atoms with Gasteiger partial charge < -0.3 is 15.2 Å². The molecule has 0 unspecified atom stereocenters. The number of nitrogens with one attached hydrogen (secondary N) is 1. The number of primary amides is 1. The zero-order valence-electron chi connectivity index (χ0n) is 12.7. The average molecular weight is 311 g/mol. The van der Waals surface area contributed by atoms with Gasteiger partial charge in [-0.15, -0.1) is 0 Å². The molecule has 3 rings (SSSR count). The molecule has 0 radical (unpaired) electrons. The first kappa shape index (κ1) is 15.1. The van der Waals surface area contributed by atoms with Crippen molar-refractivity contribution < 1.29 is 14.3 Å². The van der Waals surface area contributed by atoms with Crippen molar-refractivity contribution in [3.8, 4) is 16.9 Å². The van der Waals surface area contributed by atoms with E-state index in [1.54, 1.807) is 19.4 Å². The van der Waals surface area contributed by atoms with Crippen LogP contribution in [0.2, 0.25) is 0 Å². The molecule has 0 fully saturated rings. The fourth-order valence-electron chi connectivity index (χ4n) is 2.42. The van der Waals surface area contributed by atoms with E-state index in [4.69, 9.17) is 15.2 Å². The number of nitrogens with zero attached hydrogens (tertiary/aromatic N) is 1. The van der Waals surface area contributed by atoms with Crippen molar-refractivity contribution in [3.05, 3.63) is 48.2 Å². The summed E-state index contributed by atoms with van der Waals surface area (Å²) in [7, 11) is 1.60. The number of fused-ring (bicyclic) bond motifs is 1. The van der Waals surface area contributed by atoms with E-state index < -0.39 is 5.91 Å². The van der Waals surface area contributed by atoms with Gasteiger partial charge >= 0.3 is 0 Å². The highest BCUT2D eigenvalue weighted by atomic mass is 16.5. The Hall–Kier alpha value is -2.86. The third kappa shape index (κ3) is 3.17. The monoisotopic (exact) mass is 311 g/mol. The van der Waals surface area contributed by atoms with E-state index in [1.165, 1.54) is 0 Å². The number of rotatable bonds is 6. The van der Waals surface area contributed by atoms with Gasteiger partial charge in [-0.05, 0) is 35.4 Å². The third-order valence-corrected chi connectivity index (χ3v) is 3.57. The van der Waals surface area contributed by atoms with Gasteiger partial charge in [-0.1, -0.05) is 12.1 Å². The quantitative estimate of drug-likeness (QED) is 0.684. The van der Waals surface area contributed by atoms with E-state index in [0.717, 1.165) is 22.0 Å². The molecule has 0 saturated heterocycles. The van der Waals surface area contributed by atoms with Gasteiger partial charge in [-0.2, -0.15) is 5.10 Å². The predicted molar refractivity (Wildman–Crippen MR) is 87.4 cm³/mol. The smallest absolute Gasteiger partial charge is 0.249 e. The highest BCUT2D eigenvalue weighted by Crippen LogP contribution is 2.29. The molecule has 1 amide bonds. The highest BCUT2D eigenvalue weighted by Gasteiger charge is 2.12. The normalized spacial score (nSPS) is 10.8. The van der Waals surface area contributed by atoms with Crippen LogP contribution in [-0.4, -0.2) is 36.4 Å². The number of nitrogens with two attached hydrogens (primary N) is 1. The summed E-state index contributed by atoms with van der Waals surface area (Å²) in [4.78, 5) is 11.8. The molecule has 118 valence electrons. The van der Waals surface area contributed by atoms with E-state index in [0.29, 0.717) is 24.5 Å². The molecule has 0 saturated carbocycles. The third-order valence-electron chi connectivity index (χ3n) is 3.57. The second kappa shape index (κ2) is 6.50. The molecule has 0 atom stereocenters. The molecule has 0 aliphatic heterocycles. The summed E-state index contributed by atoms with van der Waals surface area (Å²) in [6.45, 7) is 0.887. The van der Waals surface area contributed by atoms with Crippen molar-refractivity contribution in [2.45, 2.75) is 0 Å². The van der Waals surface area contributed by atoms with Gasteiger partial charge in [0.15, 0.2) is 0 Å². The predicted octanol–water partition coefficient (Wildman–Crippen LogP) is 2.35. The minimum Gasteiger partial charge on any atom is -0.491 e. The Morgan fingerprint density at radius 2 is 2.09 bits per heavy atom. The maximum absolute atomic E-state index is 11.8. The summed E-state index contributed by atoms with van der Waals surface area (Å²) < 4.78 is 10.5. The zero-order valence-corrected chi connectivity index (χ0v) is 12.7. The molecular formula is C17H17N3O3. The van der Waals surface area contributed by atoms with Crippen molar-refractivity contribution in [1.82, 2.24) is 10.2 Å². The van der Waals surface area contributed by atoms with Crippen LogP contribution in [0.4, 0.5) is 0 Å². The lowest BCUT2D eigenvalue weighted by Gasteiger charge is -2.11. The van der Waals surface area contributed by atoms with E-state index >= 15 is 0 Å². The Morgan fingerprint density at radius 1 is 1.22 bits per heavy atom. The van der Waals surface area contributed by atoms with Gasteiger partial charge in [0, 0.05) is 12.5 Å². The zero-order chi connectivity index (χ0) is 16.2. The standard InChI is InChI=1S/C17H17N3O3/c1-22-6-7-23-13-4-5-14(15(9-13)17(18)21)11-2-3-12-10-19-20-16(12)8-11/h2-5,8-10H,6-7H2,1H3,(H2,18,21)(H,19,20). The minimum atomic E-state index is -0.498. The van der Waals surface area contributed by atoms with Crippen LogP contribution in [0.3, 0.4) is 0 Å². The maximum Gasteiger partial charge on any atom is 0.249 e. The highest BCUT2D eigenvalue weighted by molar-refractivity contribution is 6.01. The molecule has 0 aliphatic rings. The van der Waals surface area contributed by atoms with Crippen LogP contribution >= 0.6 is 0 Å². The largest absolute Gasteiger partial charge is 0.491 e. The van der Waals surface area contributed by atoms with Gasteiger partial charge in [-0.25, -0.2) is 0 Å². The van der Waals surface area contributed by atoms with Crippen molar-refractivity contribution in [2.24, 2.45) is 5.73 Å². The molecule has 6 heteroatoms. The number of amides is 1. The van der Waals surface area contributed by atoms with Crippen LogP contribution < -0.4 is 10.5 Å². The summed E-state index contributed by atoms with van der Waals surface area (Å²) in [6.07, 6.45) is 1.75. The number of methoxy groups -OCH3 is 1. The summed E-state index contributed by atoms with van der Waals surface area (Å²) in [6, 6.07) is 11.1. The number of benzene rings is 2. The lowest BCUT2D eigenvalue weighted by molar-refractivity contribution is 0.1000. The van der Waals surface area contributed by atoms with Gasteiger partial charge in [0.2, 0.25) is 5.91 Å². The van der Waals surface area contributed by atoms with E-state index in [2.05, 4.69) is 10.2 Å². The van der Waals surface area contributed by atoms with Crippen LogP contribution in [0.15, 0.2) is 42.6 Å². The number of ether oxygens (including phenoxy) is 2. The first-order valence-corrected chi connectivity index (χ1v) is 7.18. The number of H-pyrrole nitrogens is 1. The van der Waals surface area contributed by atoms with Crippen molar-refractivity contribution in [2.75, 3.05) is 20.3 Å². The maximum atomic E-state index is 11.8. The molecule has 3 aromatic rings. The Balaban J connectivity index is 1.98. The van der Waals surface area contributed by atoms with Gasteiger partial charge in [-0.3, -0.25) is 9.89 Å². The molecule has 0 aliphatic carbocycles. The summed E-state index contributed by atoms with van der Waals surface area (Å²) in [5.41, 5.74) is 8.49. The summed E-state index contributed by atoms with van der Waals surface area (Å²) in [5, 5.41) is 7.93. The molecule has 0 spiro atoms. The number of carbonyl (C=O) groups excluding carboxylic acids is 1. The number of hydrogen-bond acceptors (Lipinski definition) is 4. The number of aromatic nitrogens is 2. The molecular weight excluding hydrogens is 294 g/mol. The number of aromatic amines is 1. The molecule has 1 heterocycles. The van der Waals surface area contributed by atoms with Crippen LogP contribution in [0.1, 0.15) is 10.4 Å². The average Bonchev–Trinajstić information content (AvgIpc) is 3.02. The Morgan fingerprint density at radius 3 is 2.87 bits per heavy atom. The van der Waals surface area contributed by atoms with Crippen molar-refractivity contribution in [3.63, 3.8) is 0 Å². The Kier molecular flexibility index (Phi) is 4.25. The summed E-state index contributed by atoms with van der Waals surface area (Å²) in [5.74, 6) is 0.0871. The van der Waals surface area contributed by atoms with Crippen LogP contribution in [0.25, 0.3) is 22.0 Å². The van der Waals surface area contributed by atoms with Crippen LogP contribution in [0, 0.1) is 0 Å². The topological polar surface area (TPSA) is 90.2 Å². The van der Waals surface area contributed by atoms with Gasteiger partial charge in [0.05, 0.1) is 23.9 Å². The molecule has 3 N–H and O–H groups in total. The second-order valence-corrected chi connectivity index (χ2v) is 5.08. The Bertz CT molecular complexity index is 842. The lowest BCUT2D eigenvalue weighted by atomic mass is 9.98. The van der Waals surface area contributed by atoms with Crippen LogP contribution in [-0.2, 0) is 4.74 Å². The number of carbonyl (C=O) groups is 1.